The molecular weight excluding hydrogens is 152 g/mol. The maximum Gasteiger partial charge on any atom is 0.240 e. The number of rotatable bonds is 1. The van der Waals surface area contributed by atoms with Crippen molar-refractivity contribution >= 4 is 5.91 Å². The van der Waals surface area contributed by atoms with Gasteiger partial charge in [0.2, 0.25) is 5.91 Å². The zero-order chi connectivity index (χ0) is 8.98. The fourth-order valence-corrected chi connectivity index (χ4v) is 3.14. The van der Waals surface area contributed by atoms with Gasteiger partial charge in [-0.2, -0.15) is 0 Å². The van der Waals surface area contributed by atoms with E-state index in [1.54, 1.807) is 0 Å². The molecule has 2 atom stereocenters. The second kappa shape index (κ2) is 2.02. The number of nitrogens with two attached hydrogens (primary N) is 1. The summed E-state index contributed by atoms with van der Waals surface area (Å²) in [7, 11) is 0. The molecule has 0 aromatic heterocycles. The van der Waals surface area contributed by atoms with Crippen LogP contribution in [0.4, 0.5) is 0 Å². The van der Waals surface area contributed by atoms with E-state index in [1.807, 2.05) is 0 Å². The van der Waals surface area contributed by atoms with Crippen LogP contribution in [0.3, 0.4) is 0 Å². The first kappa shape index (κ1) is 8.05. The maximum absolute atomic E-state index is 11.6. The van der Waals surface area contributed by atoms with Gasteiger partial charge in [0.15, 0.2) is 0 Å². The molecule has 3 nitrogen and oxygen atoms in total. The SMILES string of the molecule is CC1(C)[C@@H]2CC[C@@]1(C(=O)NN)C2. The van der Waals surface area contributed by atoms with Crippen LogP contribution in [0.2, 0.25) is 0 Å². The summed E-state index contributed by atoms with van der Waals surface area (Å²) in [4.78, 5) is 11.6. The van der Waals surface area contributed by atoms with Crippen molar-refractivity contribution in [2.45, 2.75) is 33.1 Å². The van der Waals surface area contributed by atoms with Gasteiger partial charge in [0, 0.05) is 0 Å². The minimum absolute atomic E-state index is 0.0428. The van der Waals surface area contributed by atoms with Gasteiger partial charge in [-0.3, -0.25) is 10.2 Å². The third-order valence-electron chi connectivity index (χ3n) is 4.33. The van der Waals surface area contributed by atoms with E-state index in [1.165, 1.54) is 6.42 Å². The van der Waals surface area contributed by atoms with E-state index in [2.05, 4.69) is 19.3 Å². The summed E-state index contributed by atoms with van der Waals surface area (Å²) in [5.74, 6) is 5.97. The number of carbonyl (C=O) groups is 1. The Morgan fingerprint density at radius 3 is 2.58 bits per heavy atom. The predicted molar refractivity (Wildman–Crippen MR) is 45.9 cm³/mol. The van der Waals surface area contributed by atoms with Crippen LogP contribution in [0, 0.1) is 16.7 Å². The number of fused-ring (bicyclic) bond motifs is 1. The summed E-state index contributed by atoms with van der Waals surface area (Å²) < 4.78 is 0. The Morgan fingerprint density at radius 1 is 1.58 bits per heavy atom. The maximum atomic E-state index is 11.6. The van der Waals surface area contributed by atoms with Crippen molar-refractivity contribution in [2.75, 3.05) is 0 Å². The van der Waals surface area contributed by atoms with Crippen molar-refractivity contribution in [2.24, 2.45) is 22.6 Å². The van der Waals surface area contributed by atoms with Gasteiger partial charge in [0.25, 0.3) is 0 Å². The topological polar surface area (TPSA) is 55.1 Å². The van der Waals surface area contributed by atoms with E-state index in [4.69, 9.17) is 5.84 Å². The Hall–Kier alpha value is -0.570. The molecule has 3 heteroatoms. The van der Waals surface area contributed by atoms with E-state index in [0.29, 0.717) is 0 Å². The molecule has 2 bridgehead atoms. The van der Waals surface area contributed by atoms with Crippen molar-refractivity contribution in [3.63, 3.8) is 0 Å². The van der Waals surface area contributed by atoms with Gasteiger partial charge in [-0.05, 0) is 30.6 Å². The third-order valence-corrected chi connectivity index (χ3v) is 4.33. The molecule has 3 saturated carbocycles. The molecule has 0 aliphatic heterocycles. The summed E-state index contributed by atoms with van der Waals surface area (Å²) in [6, 6.07) is 0. The zero-order valence-corrected chi connectivity index (χ0v) is 7.68. The molecule has 0 unspecified atom stereocenters. The van der Waals surface area contributed by atoms with Crippen LogP contribution in [0.25, 0.3) is 0 Å². The molecule has 0 aromatic rings. The summed E-state index contributed by atoms with van der Waals surface area (Å²) in [6.45, 7) is 4.37. The normalized spacial score (nSPS) is 42.1. The van der Waals surface area contributed by atoms with Crippen molar-refractivity contribution < 1.29 is 4.79 Å². The smallest absolute Gasteiger partial charge is 0.240 e. The van der Waals surface area contributed by atoms with Crippen molar-refractivity contribution in [1.29, 1.82) is 0 Å². The average Bonchev–Trinajstić information content (AvgIpc) is 2.58. The van der Waals surface area contributed by atoms with Gasteiger partial charge in [0.05, 0.1) is 5.41 Å². The molecule has 1 amide bonds. The lowest BCUT2D eigenvalue weighted by Crippen LogP contribution is -2.58. The highest BCUT2D eigenvalue weighted by Gasteiger charge is 2.68. The minimum atomic E-state index is -0.133. The van der Waals surface area contributed by atoms with Gasteiger partial charge in [-0.15, -0.1) is 0 Å². The summed E-state index contributed by atoms with van der Waals surface area (Å²) in [6.07, 6.45) is 3.26. The van der Waals surface area contributed by atoms with Gasteiger partial charge >= 0.3 is 0 Å². The standard InChI is InChI=1S/C9H16N2O/c1-8(2)6-3-4-9(8,5-6)7(12)11-10/h6H,3-5,10H2,1-2H3,(H,11,12)/t6-,9+/m1/s1. The number of hydrazine groups is 1. The molecule has 3 aliphatic carbocycles. The van der Waals surface area contributed by atoms with E-state index in [-0.39, 0.29) is 16.7 Å². The number of amides is 1. The zero-order valence-electron chi connectivity index (χ0n) is 7.68. The van der Waals surface area contributed by atoms with Gasteiger partial charge < -0.3 is 0 Å². The molecule has 0 radical (unpaired) electrons. The molecule has 12 heavy (non-hydrogen) atoms. The molecule has 3 aliphatic rings. The quantitative estimate of drug-likeness (QED) is 0.346. The fourth-order valence-electron chi connectivity index (χ4n) is 3.14. The highest BCUT2D eigenvalue weighted by molar-refractivity contribution is 5.85. The van der Waals surface area contributed by atoms with Crippen molar-refractivity contribution in [1.82, 2.24) is 5.43 Å². The summed E-state index contributed by atoms with van der Waals surface area (Å²) in [5.41, 5.74) is 2.35. The van der Waals surface area contributed by atoms with Crippen LogP contribution < -0.4 is 11.3 Å². The molecular formula is C9H16N2O. The van der Waals surface area contributed by atoms with Crippen LogP contribution in [0.5, 0.6) is 0 Å². The van der Waals surface area contributed by atoms with Crippen molar-refractivity contribution in [3.05, 3.63) is 0 Å². The first-order chi connectivity index (χ1) is 5.54. The van der Waals surface area contributed by atoms with E-state index in [9.17, 15) is 4.79 Å². The lowest BCUT2D eigenvalue weighted by molar-refractivity contribution is -0.151. The highest BCUT2D eigenvalue weighted by atomic mass is 16.2. The van der Waals surface area contributed by atoms with Crippen LogP contribution >= 0.6 is 0 Å². The summed E-state index contributed by atoms with van der Waals surface area (Å²) >= 11 is 0. The number of carbonyl (C=O) groups excluding carboxylic acids is 1. The molecule has 3 rings (SSSR count). The Bertz CT molecular complexity index is 233. The first-order valence-electron chi connectivity index (χ1n) is 4.56. The van der Waals surface area contributed by atoms with Crippen LogP contribution in [-0.4, -0.2) is 5.91 Å². The molecule has 0 saturated heterocycles. The van der Waals surface area contributed by atoms with E-state index in [0.717, 1.165) is 18.8 Å². The molecule has 0 spiro atoms. The lowest BCUT2D eigenvalue weighted by Gasteiger charge is -2.53. The molecule has 0 heterocycles. The second-order valence-electron chi connectivity index (χ2n) is 4.72. The average molecular weight is 168 g/mol. The van der Waals surface area contributed by atoms with Crippen LogP contribution in [0.15, 0.2) is 0 Å². The number of nitrogens with one attached hydrogen (secondary N) is 1. The number of hydrogen-bond donors (Lipinski definition) is 2. The fraction of sp³-hybridized carbons (Fsp3) is 0.889. The first-order valence-corrected chi connectivity index (χ1v) is 4.56. The van der Waals surface area contributed by atoms with Gasteiger partial charge in [-0.25, -0.2) is 5.84 Å². The Balaban J connectivity index is 2.29. The molecule has 0 aromatic carbocycles. The molecule has 68 valence electrons. The number of hydrogen-bond acceptors (Lipinski definition) is 2. The van der Waals surface area contributed by atoms with E-state index < -0.39 is 0 Å². The van der Waals surface area contributed by atoms with Gasteiger partial charge in [-0.1, -0.05) is 13.8 Å². The Morgan fingerprint density at radius 2 is 2.25 bits per heavy atom. The monoisotopic (exact) mass is 168 g/mol. The highest BCUT2D eigenvalue weighted by Crippen LogP contribution is 2.70. The van der Waals surface area contributed by atoms with Crippen molar-refractivity contribution in [3.8, 4) is 0 Å². The van der Waals surface area contributed by atoms with Gasteiger partial charge in [0.1, 0.15) is 0 Å². The Labute approximate surface area is 72.7 Å². The minimum Gasteiger partial charge on any atom is -0.294 e. The lowest BCUT2D eigenvalue weighted by atomic mass is 9.50. The summed E-state index contributed by atoms with van der Waals surface area (Å²) in [5, 5.41) is 0. The molecule has 3 fully saturated rings. The second-order valence-corrected chi connectivity index (χ2v) is 4.72. The predicted octanol–water partition coefficient (Wildman–Crippen LogP) is 0.803. The van der Waals surface area contributed by atoms with Crippen LogP contribution in [-0.2, 0) is 4.79 Å². The van der Waals surface area contributed by atoms with E-state index >= 15 is 0 Å². The molecule has 3 N–H and O–H groups in total. The third kappa shape index (κ3) is 0.600. The van der Waals surface area contributed by atoms with Crippen LogP contribution in [0.1, 0.15) is 33.1 Å². The largest absolute Gasteiger partial charge is 0.294 e. The Kier molecular flexibility index (Phi) is 1.35.